The summed E-state index contributed by atoms with van der Waals surface area (Å²) in [6.07, 6.45) is 1.85. The zero-order valence-corrected chi connectivity index (χ0v) is 12.7. The number of hydrogen-bond acceptors (Lipinski definition) is 3. The maximum Gasteiger partial charge on any atom is 0.223 e. The van der Waals surface area contributed by atoms with E-state index in [1.54, 1.807) is 0 Å². The Morgan fingerprint density at radius 2 is 2.00 bits per heavy atom. The van der Waals surface area contributed by atoms with Crippen LogP contribution in [0.5, 0.6) is 5.75 Å². The highest BCUT2D eigenvalue weighted by atomic mass is 19.1. The molecule has 2 N–H and O–H groups in total. The lowest BCUT2D eigenvalue weighted by atomic mass is 9.88. The Labute approximate surface area is 125 Å². The highest BCUT2D eigenvalue weighted by molar-refractivity contribution is 5.76. The topological polar surface area (TPSA) is 58.6 Å². The minimum Gasteiger partial charge on any atom is -0.493 e. The average molecular weight is 297 g/mol. The molecule has 0 fully saturated rings. The van der Waals surface area contributed by atoms with Crippen molar-refractivity contribution in [3.05, 3.63) is 30.1 Å². The summed E-state index contributed by atoms with van der Waals surface area (Å²) in [7, 11) is 0. The van der Waals surface area contributed by atoms with Crippen LogP contribution in [-0.4, -0.2) is 30.8 Å². The van der Waals surface area contributed by atoms with Gasteiger partial charge in [0.05, 0.1) is 13.0 Å². The molecular formula is C16H24FNO3. The van der Waals surface area contributed by atoms with E-state index in [9.17, 15) is 9.18 Å². The van der Waals surface area contributed by atoms with Crippen molar-refractivity contribution in [1.82, 2.24) is 5.32 Å². The van der Waals surface area contributed by atoms with Crippen LogP contribution in [0.4, 0.5) is 4.39 Å². The Bertz CT molecular complexity index is 432. The summed E-state index contributed by atoms with van der Waals surface area (Å²) in [5.41, 5.74) is -0.0315. The third-order valence-electron chi connectivity index (χ3n) is 3.19. The molecule has 0 aliphatic rings. The summed E-state index contributed by atoms with van der Waals surface area (Å²) in [5, 5.41) is 11.7. The second-order valence-electron chi connectivity index (χ2n) is 5.82. The molecule has 4 nitrogen and oxygen atoms in total. The van der Waals surface area contributed by atoms with Gasteiger partial charge in [-0.25, -0.2) is 4.39 Å². The number of hydrogen-bond donors (Lipinski definition) is 2. The van der Waals surface area contributed by atoms with Crippen LogP contribution in [0.2, 0.25) is 0 Å². The van der Waals surface area contributed by atoms with Gasteiger partial charge in [0, 0.05) is 13.2 Å². The number of nitrogens with one attached hydrogen (secondary N) is 1. The van der Waals surface area contributed by atoms with E-state index in [0.717, 1.165) is 12.8 Å². The molecule has 0 heterocycles. The van der Waals surface area contributed by atoms with E-state index in [-0.39, 0.29) is 36.8 Å². The highest BCUT2D eigenvalue weighted by Gasteiger charge is 2.18. The van der Waals surface area contributed by atoms with Gasteiger partial charge in [-0.3, -0.25) is 4.79 Å². The fourth-order valence-corrected chi connectivity index (χ4v) is 1.86. The molecule has 1 rings (SSSR count). The smallest absolute Gasteiger partial charge is 0.223 e. The van der Waals surface area contributed by atoms with E-state index < -0.39 is 0 Å². The zero-order valence-electron chi connectivity index (χ0n) is 12.7. The van der Waals surface area contributed by atoms with Crippen molar-refractivity contribution in [2.75, 3.05) is 19.8 Å². The van der Waals surface area contributed by atoms with Gasteiger partial charge in [-0.15, -0.1) is 0 Å². The van der Waals surface area contributed by atoms with E-state index in [2.05, 4.69) is 19.2 Å². The quantitative estimate of drug-likeness (QED) is 0.736. The van der Waals surface area contributed by atoms with E-state index in [1.165, 1.54) is 24.3 Å². The molecule has 0 spiro atoms. The molecule has 0 aliphatic heterocycles. The number of benzene rings is 1. The molecule has 0 aromatic heterocycles. The van der Waals surface area contributed by atoms with Gasteiger partial charge in [0.25, 0.3) is 0 Å². The van der Waals surface area contributed by atoms with Gasteiger partial charge >= 0.3 is 0 Å². The molecule has 0 radical (unpaired) electrons. The van der Waals surface area contributed by atoms with Crippen molar-refractivity contribution in [3.63, 3.8) is 0 Å². The monoisotopic (exact) mass is 297 g/mol. The summed E-state index contributed by atoms with van der Waals surface area (Å²) in [6, 6.07) is 5.70. The van der Waals surface area contributed by atoms with E-state index in [0.29, 0.717) is 12.3 Å². The molecule has 0 bridgehead atoms. The number of halogens is 1. The molecule has 118 valence electrons. The van der Waals surface area contributed by atoms with Gasteiger partial charge in [-0.1, -0.05) is 13.8 Å². The van der Waals surface area contributed by atoms with Crippen molar-refractivity contribution in [3.8, 4) is 5.75 Å². The van der Waals surface area contributed by atoms with Gasteiger partial charge in [-0.05, 0) is 42.5 Å². The number of aliphatic hydroxyl groups excluding tert-OH is 1. The van der Waals surface area contributed by atoms with Crippen molar-refractivity contribution in [1.29, 1.82) is 0 Å². The molecule has 1 aromatic carbocycles. The Balaban J connectivity index is 2.20. The minimum absolute atomic E-state index is 0.0315. The predicted octanol–water partition coefficient (Wildman–Crippen LogP) is 2.51. The normalized spacial score (nSPS) is 11.2. The first kappa shape index (κ1) is 17.4. The standard InChI is InChI=1S/C16H24FNO3/c1-16(2,9-3-10-19)12-18-15(20)8-11-21-14-6-4-13(17)5-7-14/h4-7,19H,3,8-12H2,1-2H3,(H,18,20). The summed E-state index contributed by atoms with van der Waals surface area (Å²) in [5.74, 6) is 0.159. The summed E-state index contributed by atoms with van der Waals surface area (Å²) in [6.45, 7) is 5.11. The summed E-state index contributed by atoms with van der Waals surface area (Å²) >= 11 is 0. The van der Waals surface area contributed by atoms with E-state index in [1.807, 2.05) is 0 Å². The number of ether oxygens (including phenoxy) is 1. The van der Waals surface area contributed by atoms with Crippen LogP contribution in [0.1, 0.15) is 33.1 Å². The lowest BCUT2D eigenvalue weighted by molar-refractivity contribution is -0.122. The van der Waals surface area contributed by atoms with Gasteiger partial charge in [0.2, 0.25) is 5.91 Å². The molecule has 5 heteroatoms. The van der Waals surface area contributed by atoms with Crippen LogP contribution in [0.15, 0.2) is 24.3 Å². The van der Waals surface area contributed by atoms with Crippen LogP contribution in [0, 0.1) is 11.2 Å². The molecule has 0 atom stereocenters. The predicted molar refractivity (Wildman–Crippen MR) is 79.6 cm³/mol. The van der Waals surface area contributed by atoms with Crippen molar-refractivity contribution < 1.29 is 19.0 Å². The number of rotatable bonds is 9. The Morgan fingerprint density at radius 1 is 1.33 bits per heavy atom. The lowest BCUT2D eigenvalue weighted by Gasteiger charge is -2.24. The number of aliphatic hydroxyl groups is 1. The molecule has 1 amide bonds. The largest absolute Gasteiger partial charge is 0.493 e. The Morgan fingerprint density at radius 3 is 2.62 bits per heavy atom. The maximum absolute atomic E-state index is 12.7. The van der Waals surface area contributed by atoms with Crippen molar-refractivity contribution in [2.45, 2.75) is 33.1 Å². The Hall–Kier alpha value is -1.62. The first-order valence-corrected chi connectivity index (χ1v) is 7.19. The third kappa shape index (κ3) is 7.66. The van der Waals surface area contributed by atoms with Crippen molar-refractivity contribution in [2.24, 2.45) is 5.41 Å². The Kier molecular flexibility index (Phi) is 7.15. The highest BCUT2D eigenvalue weighted by Crippen LogP contribution is 2.20. The van der Waals surface area contributed by atoms with Gasteiger partial charge in [-0.2, -0.15) is 0 Å². The van der Waals surface area contributed by atoms with Crippen LogP contribution >= 0.6 is 0 Å². The SMILES string of the molecule is CC(C)(CCCO)CNC(=O)CCOc1ccc(F)cc1. The third-order valence-corrected chi connectivity index (χ3v) is 3.19. The minimum atomic E-state index is -0.315. The lowest BCUT2D eigenvalue weighted by Crippen LogP contribution is -2.34. The average Bonchev–Trinajstić information content (AvgIpc) is 2.45. The first-order valence-electron chi connectivity index (χ1n) is 7.19. The fourth-order valence-electron chi connectivity index (χ4n) is 1.86. The van der Waals surface area contributed by atoms with Crippen LogP contribution < -0.4 is 10.1 Å². The van der Waals surface area contributed by atoms with E-state index >= 15 is 0 Å². The molecule has 0 unspecified atom stereocenters. The van der Waals surface area contributed by atoms with Gasteiger partial charge in [0.1, 0.15) is 11.6 Å². The number of carbonyl (C=O) groups excluding carboxylic acids is 1. The summed E-state index contributed by atoms with van der Waals surface area (Å²) in [4.78, 5) is 11.7. The first-order chi connectivity index (χ1) is 9.93. The molecule has 0 aliphatic carbocycles. The van der Waals surface area contributed by atoms with Gasteiger partial charge < -0.3 is 15.2 Å². The zero-order chi connectivity index (χ0) is 15.7. The van der Waals surface area contributed by atoms with E-state index in [4.69, 9.17) is 9.84 Å². The van der Waals surface area contributed by atoms with Crippen LogP contribution in [0.25, 0.3) is 0 Å². The molecular weight excluding hydrogens is 273 g/mol. The number of amides is 1. The second kappa shape index (κ2) is 8.62. The maximum atomic E-state index is 12.7. The van der Waals surface area contributed by atoms with Crippen molar-refractivity contribution >= 4 is 5.91 Å². The van der Waals surface area contributed by atoms with Crippen LogP contribution in [0.3, 0.4) is 0 Å². The fraction of sp³-hybridized carbons (Fsp3) is 0.562. The summed E-state index contributed by atoms with van der Waals surface area (Å²) < 4.78 is 18.1. The molecule has 1 aromatic rings. The van der Waals surface area contributed by atoms with Gasteiger partial charge in [0.15, 0.2) is 0 Å². The second-order valence-corrected chi connectivity index (χ2v) is 5.82. The molecule has 21 heavy (non-hydrogen) atoms. The molecule has 0 saturated carbocycles. The number of carbonyl (C=O) groups is 1. The molecule has 0 saturated heterocycles. The van der Waals surface area contributed by atoms with Crippen LogP contribution in [-0.2, 0) is 4.79 Å².